The van der Waals surface area contributed by atoms with E-state index in [1.807, 2.05) is 12.4 Å². The van der Waals surface area contributed by atoms with Gasteiger partial charge in [-0.3, -0.25) is 5.10 Å². The van der Waals surface area contributed by atoms with Gasteiger partial charge in [-0.15, -0.1) is 0 Å². The zero-order valence-corrected chi connectivity index (χ0v) is 6.96. The number of H-pyrrole nitrogens is 1. The van der Waals surface area contributed by atoms with Crippen LogP contribution in [0.4, 0.5) is 0 Å². The Bertz CT molecular complexity index is 225. The fourth-order valence-corrected chi connectivity index (χ4v) is 1.47. The molecule has 0 aliphatic heterocycles. The fraction of sp³-hybridized carbons (Fsp3) is 0.625. The fourth-order valence-electron chi connectivity index (χ4n) is 1.47. The predicted molar refractivity (Wildman–Crippen MR) is 46.4 cm³/mol. The zero-order chi connectivity index (χ0) is 8.39. The van der Waals surface area contributed by atoms with E-state index in [9.17, 15) is 0 Å². The highest BCUT2D eigenvalue weighted by molar-refractivity contribution is 5.02. The van der Waals surface area contributed by atoms with Crippen molar-refractivity contribution in [2.75, 3.05) is 0 Å². The predicted octanol–water partition coefficient (Wildman–Crippen LogP) is -0.0110. The van der Waals surface area contributed by atoms with Crippen molar-refractivity contribution < 1.29 is 0 Å². The summed E-state index contributed by atoms with van der Waals surface area (Å²) in [5.74, 6) is 0. The third kappa shape index (κ3) is 1.65. The lowest BCUT2D eigenvalue weighted by atomic mass is 9.87. The van der Waals surface area contributed by atoms with Crippen molar-refractivity contribution in [3.05, 3.63) is 18.0 Å². The van der Waals surface area contributed by atoms with Gasteiger partial charge in [0.25, 0.3) is 0 Å². The number of rotatable bonds is 3. The number of aromatic nitrogens is 2. The summed E-state index contributed by atoms with van der Waals surface area (Å²) in [4.78, 5) is 0. The maximum absolute atomic E-state index is 5.66. The molecule has 0 radical (unpaired) electrons. The van der Waals surface area contributed by atoms with Crippen LogP contribution < -0.4 is 11.1 Å². The van der Waals surface area contributed by atoms with Crippen LogP contribution in [0.3, 0.4) is 0 Å². The Kier molecular flexibility index (Phi) is 2.10. The molecule has 2 rings (SSSR count). The minimum atomic E-state index is 0.423. The molecule has 1 aliphatic carbocycles. The number of hydrogen-bond donors (Lipinski definition) is 3. The second kappa shape index (κ2) is 3.25. The minimum absolute atomic E-state index is 0.423. The Balaban J connectivity index is 1.70. The molecule has 1 saturated carbocycles. The number of nitrogens with two attached hydrogens (primary N) is 1. The summed E-state index contributed by atoms with van der Waals surface area (Å²) in [6.07, 6.45) is 5.97. The summed E-state index contributed by atoms with van der Waals surface area (Å²) in [6, 6.07) is 1.04. The topological polar surface area (TPSA) is 66.7 Å². The summed E-state index contributed by atoms with van der Waals surface area (Å²) < 4.78 is 0. The molecule has 1 aromatic rings. The molecule has 0 atom stereocenters. The first-order valence-electron chi connectivity index (χ1n) is 4.31. The zero-order valence-electron chi connectivity index (χ0n) is 6.96. The average molecular weight is 166 g/mol. The molecule has 1 fully saturated rings. The Morgan fingerprint density at radius 1 is 1.67 bits per heavy atom. The van der Waals surface area contributed by atoms with E-state index in [2.05, 4.69) is 15.5 Å². The molecular formula is C8H14N4. The van der Waals surface area contributed by atoms with Crippen molar-refractivity contribution in [3.63, 3.8) is 0 Å². The molecule has 66 valence electrons. The normalized spacial score (nSPS) is 28.4. The third-order valence-electron chi connectivity index (χ3n) is 2.32. The van der Waals surface area contributed by atoms with E-state index in [4.69, 9.17) is 5.73 Å². The second-order valence-electron chi connectivity index (χ2n) is 3.42. The van der Waals surface area contributed by atoms with E-state index in [0.717, 1.165) is 19.4 Å². The van der Waals surface area contributed by atoms with Crippen LogP contribution in [0, 0.1) is 0 Å². The van der Waals surface area contributed by atoms with Crippen molar-refractivity contribution in [1.29, 1.82) is 0 Å². The quantitative estimate of drug-likeness (QED) is 0.591. The highest BCUT2D eigenvalue weighted by atomic mass is 15.1. The summed E-state index contributed by atoms with van der Waals surface area (Å²) in [5, 5.41) is 10.1. The Morgan fingerprint density at radius 3 is 3.08 bits per heavy atom. The van der Waals surface area contributed by atoms with Gasteiger partial charge in [0.2, 0.25) is 0 Å². The van der Waals surface area contributed by atoms with Gasteiger partial charge < -0.3 is 11.1 Å². The number of aromatic amines is 1. The smallest absolute Gasteiger partial charge is 0.0532 e. The molecule has 4 nitrogen and oxygen atoms in total. The van der Waals surface area contributed by atoms with E-state index in [-0.39, 0.29) is 0 Å². The summed E-state index contributed by atoms with van der Waals surface area (Å²) in [7, 11) is 0. The van der Waals surface area contributed by atoms with E-state index < -0.39 is 0 Å². The van der Waals surface area contributed by atoms with Crippen LogP contribution in [0.5, 0.6) is 0 Å². The van der Waals surface area contributed by atoms with E-state index in [0.29, 0.717) is 12.1 Å². The van der Waals surface area contributed by atoms with Crippen LogP contribution in [-0.4, -0.2) is 22.3 Å². The lowest BCUT2D eigenvalue weighted by Gasteiger charge is -2.33. The lowest BCUT2D eigenvalue weighted by molar-refractivity contribution is 0.291. The van der Waals surface area contributed by atoms with Crippen LogP contribution >= 0.6 is 0 Å². The van der Waals surface area contributed by atoms with Crippen LogP contribution in [0.25, 0.3) is 0 Å². The molecule has 12 heavy (non-hydrogen) atoms. The standard InChI is InChI=1S/C8H14N4/c9-7-1-8(2-7)10-3-6-4-11-12-5-6/h4-5,7-8,10H,1-3,9H2,(H,11,12). The summed E-state index contributed by atoms with van der Waals surface area (Å²) in [5.41, 5.74) is 6.86. The highest BCUT2D eigenvalue weighted by Gasteiger charge is 2.24. The molecule has 1 aliphatic rings. The molecule has 0 unspecified atom stereocenters. The minimum Gasteiger partial charge on any atom is -0.328 e. The van der Waals surface area contributed by atoms with Crippen molar-refractivity contribution in [2.24, 2.45) is 5.73 Å². The van der Waals surface area contributed by atoms with Crippen LogP contribution in [0.15, 0.2) is 12.4 Å². The van der Waals surface area contributed by atoms with Crippen LogP contribution in [0.2, 0.25) is 0 Å². The Morgan fingerprint density at radius 2 is 2.50 bits per heavy atom. The third-order valence-corrected chi connectivity index (χ3v) is 2.32. The molecule has 4 N–H and O–H groups in total. The number of hydrogen-bond acceptors (Lipinski definition) is 3. The average Bonchev–Trinajstić information content (AvgIpc) is 2.47. The van der Waals surface area contributed by atoms with Gasteiger partial charge in [0.05, 0.1) is 6.20 Å². The monoisotopic (exact) mass is 166 g/mol. The first-order valence-corrected chi connectivity index (χ1v) is 4.31. The van der Waals surface area contributed by atoms with Gasteiger partial charge >= 0.3 is 0 Å². The highest BCUT2D eigenvalue weighted by Crippen LogP contribution is 2.17. The first kappa shape index (κ1) is 7.76. The van der Waals surface area contributed by atoms with E-state index in [1.54, 1.807) is 0 Å². The number of nitrogens with zero attached hydrogens (tertiary/aromatic N) is 1. The molecule has 0 amide bonds. The Labute approximate surface area is 71.5 Å². The SMILES string of the molecule is NC1CC(NCc2cn[nH]c2)C1. The van der Waals surface area contributed by atoms with Crippen molar-refractivity contribution in [2.45, 2.75) is 31.5 Å². The molecule has 0 aromatic carbocycles. The van der Waals surface area contributed by atoms with Gasteiger partial charge in [0, 0.05) is 30.4 Å². The molecule has 0 bridgehead atoms. The maximum Gasteiger partial charge on any atom is 0.0532 e. The van der Waals surface area contributed by atoms with Gasteiger partial charge in [-0.1, -0.05) is 0 Å². The molecule has 1 aromatic heterocycles. The van der Waals surface area contributed by atoms with Gasteiger partial charge in [-0.05, 0) is 12.8 Å². The van der Waals surface area contributed by atoms with Crippen molar-refractivity contribution in [3.8, 4) is 0 Å². The van der Waals surface area contributed by atoms with Crippen molar-refractivity contribution in [1.82, 2.24) is 15.5 Å². The van der Waals surface area contributed by atoms with E-state index in [1.165, 1.54) is 5.56 Å². The molecular weight excluding hydrogens is 152 g/mol. The largest absolute Gasteiger partial charge is 0.328 e. The van der Waals surface area contributed by atoms with Gasteiger partial charge in [-0.2, -0.15) is 5.10 Å². The summed E-state index contributed by atoms with van der Waals surface area (Å²) >= 11 is 0. The van der Waals surface area contributed by atoms with Gasteiger partial charge in [0.15, 0.2) is 0 Å². The maximum atomic E-state index is 5.66. The lowest BCUT2D eigenvalue weighted by Crippen LogP contribution is -2.48. The number of nitrogens with one attached hydrogen (secondary N) is 2. The van der Waals surface area contributed by atoms with Gasteiger partial charge in [-0.25, -0.2) is 0 Å². The van der Waals surface area contributed by atoms with Crippen LogP contribution in [-0.2, 0) is 6.54 Å². The van der Waals surface area contributed by atoms with Gasteiger partial charge in [0.1, 0.15) is 0 Å². The first-order chi connectivity index (χ1) is 5.84. The summed E-state index contributed by atoms with van der Waals surface area (Å²) in [6.45, 7) is 0.897. The van der Waals surface area contributed by atoms with E-state index >= 15 is 0 Å². The molecule has 4 heteroatoms. The molecule has 0 saturated heterocycles. The molecule has 0 spiro atoms. The molecule has 1 heterocycles. The van der Waals surface area contributed by atoms with Crippen LogP contribution in [0.1, 0.15) is 18.4 Å². The Hall–Kier alpha value is -0.870. The van der Waals surface area contributed by atoms with Crippen molar-refractivity contribution >= 4 is 0 Å². The second-order valence-corrected chi connectivity index (χ2v) is 3.42.